The largest absolute Gasteiger partial charge is 0.505 e. The first-order chi connectivity index (χ1) is 7.29. The van der Waals surface area contributed by atoms with Crippen LogP contribution in [0.2, 0.25) is 0 Å². The van der Waals surface area contributed by atoms with E-state index in [0.717, 1.165) is 15.7 Å². The third kappa shape index (κ3) is 2.24. The second-order valence-corrected chi connectivity index (χ2v) is 3.91. The average molecular weight is 222 g/mol. The Kier molecular flexibility index (Phi) is 2.82. The zero-order valence-electron chi connectivity index (χ0n) is 8.10. The van der Waals surface area contributed by atoms with Gasteiger partial charge in [-0.25, -0.2) is 4.98 Å². The normalized spacial score (nSPS) is 10.2. The van der Waals surface area contributed by atoms with Gasteiger partial charge in [-0.05, 0) is 12.1 Å². The standard InChI is InChI=1S/C10H10N2O2S/c1-14-7-2-3-10(12-4-7)15-9-6-11-5-8(9)13/h2-6,11,13H,1H3. The van der Waals surface area contributed by atoms with Crippen molar-refractivity contribution in [2.75, 3.05) is 7.11 Å². The van der Waals surface area contributed by atoms with Crippen molar-refractivity contribution >= 4 is 11.8 Å². The highest BCUT2D eigenvalue weighted by Gasteiger charge is 2.04. The number of hydrogen-bond donors (Lipinski definition) is 2. The van der Waals surface area contributed by atoms with Gasteiger partial charge in [0.25, 0.3) is 0 Å². The fourth-order valence-corrected chi connectivity index (χ4v) is 1.84. The number of pyridine rings is 1. The van der Waals surface area contributed by atoms with E-state index >= 15 is 0 Å². The molecule has 4 nitrogen and oxygen atoms in total. The maximum Gasteiger partial charge on any atom is 0.146 e. The summed E-state index contributed by atoms with van der Waals surface area (Å²) in [5.41, 5.74) is 0. The van der Waals surface area contributed by atoms with Crippen molar-refractivity contribution in [3.63, 3.8) is 0 Å². The molecule has 2 aromatic rings. The van der Waals surface area contributed by atoms with E-state index in [1.165, 1.54) is 18.0 Å². The van der Waals surface area contributed by atoms with Crippen LogP contribution in [-0.4, -0.2) is 22.2 Å². The molecule has 0 aliphatic rings. The van der Waals surface area contributed by atoms with Crippen LogP contribution in [0.25, 0.3) is 0 Å². The monoisotopic (exact) mass is 222 g/mol. The molecule has 0 aliphatic heterocycles. The van der Waals surface area contributed by atoms with E-state index in [1.807, 2.05) is 12.1 Å². The average Bonchev–Trinajstić information content (AvgIpc) is 2.66. The summed E-state index contributed by atoms with van der Waals surface area (Å²) in [5, 5.41) is 10.2. The van der Waals surface area contributed by atoms with Gasteiger partial charge < -0.3 is 14.8 Å². The van der Waals surface area contributed by atoms with Gasteiger partial charge in [0.1, 0.15) is 16.5 Å². The van der Waals surface area contributed by atoms with Crippen molar-refractivity contribution in [2.24, 2.45) is 0 Å². The molecule has 2 rings (SSSR count). The summed E-state index contributed by atoms with van der Waals surface area (Å²) in [5.74, 6) is 0.954. The topological polar surface area (TPSA) is 58.1 Å². The van der Waals surface area contributed by atoms with E-state index in [4.69, 9.17) is 4.74 Å². The molecule has 0 unspecified atom stereocenters. The molecule has 0 radical (unpaired) electrons. The van der Waals surface area contributed by atoms with Gasteiger partial charge in [-0.1, -0.05) is 11.8 Å². The Morgan fingerprint density at radius 3 is 2.80 bits per heavy atom. The molecule has 15 heavy (non-hydrogen) atoms. The summed E-state index contributed by atoms with van der Waals surface area (Å²) >= 11 is 1.39. The first-order valence-corrected chi connectivity index (χ1v) is 5.15. The highest BCUT2D eigenvalue weighted by Crippen LogP contribution is 2.33. The predicted molar refractivity (Wildman–Crippen MR) is 57.4 cm³/mol. The molecule has 0 aromatic carbocycles. The van der Waals surface area contributed by atoms with Gasteiger partial charge in [0.15, 0.2) is 0 Å². The Morgan fingerprint density at radius 2 is 2.27 bits per heavy atom. The molecule has 0 saturated carbocycles. The minimum Gasteiger partial charge on any atom is -0.505 e. The first kappa shape index (κ1) is 9.92. The molecule has 78 valence electrons. The summed E-state index contributed by atoms with van der Waals surface area (Å²) in [7, 11) is 1.60. The lowest BCUT2D eigenvalue weighted by Gasteiger charge is -2.01. The summed E-state index contributed by atoms with van der Waals surface area (Å²) in [6.45, 7) is 0. The fraction of sp³-hybridized carbons (Fsp3) is 0.100. The second-order valence-electron chi connectivity index (χ2n) is 2.84. The zero-order valence-corrected chi connectivity index (χ0v) is 8.91. The number of aromatic amines is 1. The van der Waals surface area contributed by atoms with E-state index in [9.17, 15) is 5.11 Å². The Labute approximate surface area is 91.3 Å². The maximum atomic E-state index is 9.41. The van der Waals surface area contributed by atoms with Crippen LogP contribution in [0.1, 0.15) is 0 Å². The van der Waals surface area contributed by atoms with E-state index in [2.05, 4.69) is 9.97 Å². The van der Waals surface area contributed by atoms with Crippen molar-refractivity contribution in [2.45, 2.75) is 9.92 Å². The molecule has 0 fully saturated rings. The quantitative estimate of drug-likeness (QED) is 0.836. The van der Waals surface area contributed by atoms with Crippen LogP contribution in [0.3, 0.4) is 0 Å². The van der Waals surface area contributed by atoms with Crippen LogP contribution >= 0.6 is 11.8 Å². The summed E-state index contributed by atoms with van der Waals surface area (Å²) < 4.78 is 5.00. The van der Waals surface area contributed by atoms with Crippen molar-refractivity contribution in [1.29, 1.82) is 0 Å². The summed E-state index contributed by atoms with van der Waals surface area (Å²) in [4.78, 5) is 7.75. The highest BCUT2D eigenvalue weighted by molar-refractivity contribution is 7.99. The molecule has 0 aliphatic carbocycles. The van der Waals surface area contributed by atoms with Crippen LogP contribution < -0.4 is 4.74 Å². The molecule has 2 heterocycles. The Hall–Kier alpha value is -1.62. The van der Waals surface area contributed by atoms with Crippen LogP contribution in [-0.2, 0) is 0 Å². The molecule has 0 atom stereocenters. The van der Waals surface area contributed by atoms with Crippen LogP contribution in [0.5, 0.6) is 11.5 Å². The number of aromatic hydroxyl groups is 1. The first-order valence-electron chi connectivity index (χ1n) is 4.33. The van der Waals surface area contributed by atoms with Gasteiger partial charge in [0.2, 0.25) is 0 Å². The zero-order chi connectivity index (χ0) is 10.7. The van der Waals surface area contributed by atoms with Crippen LogP contribution in [0.15, 0.2) is 40.6 Å². The Morgan fingerprint density at radius 1 is 1.40 bits per heavy atom. The van der Waals surface area contributed by atoms with Gasteiger partial charge in [0, 0.05) is 12.4 Å². The highest BCUT2D eigenvalue weighted by atomic mass is 32.2. The Bertz CT molecular complexity index is 439. The van der Waals surface area contributed by atoms with Gasteiger partial charge >= 0.3 is 0 Å². The minimum absolute atomic E-state index is 0.234. The van der Waals surface area contributed by atoms with Gasteiger partial charge in [-0.2, -0.15) is 0 Å². The van der Waals surface area contributed by atoms with Gasteiger partial charge in [-0.3, -0.25) is 0 Å². The SMILES string of the molecule is COc1ccc(Sc2c[nH]cc2O)nc1. The third-order valence-corrected chi connectivity index (χ3v) is 2.84. The number of nitrogens with one attached hydrogen (secondary N) is 1. The smallest absolute Gasteiger partial charge is 0.146 e. The van der Waals surface area contributed by atoms with E-state index in [-0.39, 0.29) is 5.75 Å². The fourth-order valence-electron chi connectivity index (χ4n) is 1.08. The molecule has 0 bridgehead atoms. The number of methoxy groups -OCH3 is 1. The predicted octanol–water partition coefficient (Wildman–Crippen LogP) is 2.28. The third-order valence-electron chi connectivity index (χ3n) is 1.85. The van der Waals surface area contributed by atoms with Crippen molar-refractivity contribution in [1.82, 2.24) is 9.97 Å². The van der Waals surface area contributed by atoms with E-state index in [0.29, 0.717) is 0 Å². The lowest BCUT2D eigenvalue weighted by atomic mass is 10.5. The number of nitrogens with zero attached hydrogens (tertiary/aromatic N) is 1. The molecule has 0 amide bonds. The summed E-state index contributed by atoms with van der Waals surface area (Å²) in [6, 6.07) is 3.68. The van der Waals surface area contributed by atoms with Gasteiger partial charge in [-0.15, -0.1) is 0 Å². The molecular weight excluding hydrogens is 212 g/mol. The van der Waals surface area contributed by atoms with Crippen molar-refractivity contribution < 1.29 is 9.84 Å². The number of aromatic nitrogens is 2. The lowest BCUT2D eigenvalue weighted by Crippen LogP contribution is -1.84. The van der Waals surface area contributed by atoms with Crippen molar-refractivity contribution in [3.8, 4) is 11.5 Å². The molecule has 2 N–H and O–H groups in total. The maximum absolute atomic E-state index is 9.41. The number of hydrogen-bond acceptors (Lipinski definition) is 4. The van der Waals surface area contributed by atoms with E-state index in [1.54, 1.807) is 19.5 Å². The second kappa shape index (κ2) is 4.27. The summed E-state index contributed by atoms with van der Waals surface area (Å²) in [6.07, 6.45) is 4.91. The molecule has 0 saturated heterocycles. The number of rotatable bonds is 3. The molecular formula is C10H10N2O2S. The van der Waals surface area contributed by atoms with Crippen LogP contribution in [0.4, 0.5) is 0 Å². The van der Waals surface area contributed by atoms with Crippen molar-refractivity contribution in [3.05, 3.63) is 30.7 Å². The Balaban J connectivity index is 2.14. The minimum atomic E-state index is 0.234. The van der Waals surface area contributed by atoms with Crippen LogP contribution in [0, 0.1) is 0 Å². The lowest BCUT2D eigenvalue weighted by molar-refractivity contribution is 0.412. The number of H-pyrrole nitrogens is 1. The molecule has 5 heteroatoms. The number of ether oxygens (including phenoxy) is 1. The van der Waals surface area contributed by atoms with E-state index < -0.39 is 0 Å². The van der Waals surface area contributed by atoms with Gasteiger partial charge in [0.05, 0.1) is 18.2 Å². The molecule has 2 aromatic heterocycles. The molecule has 0 spiro atoms.